The Morgan fingerprint density at radius 2 is 1.73 bits per heavy atom. The van der Waals surface area contributed by atoms with Gasteiger partial charge in [0.2, 0.25) is 0 Å². The van der Waals surface area contributed by atoms with E-state index in [1.165, 1.54) is 64.2 Å². The van der Waals surface area contributed by atoms with Crippen LogP contribution in [0.5, 0.6) is 0 Å². The van der Waals surface area contributed by atoms with Crippen LogP contribution < -0.4 is 10.6 Å². The Bertz CT molecular complexity index is 750. The van der Waals surface area contributed by atoms with Crippen molar-refractivity contribution in [1.82, 2.24) is 0 Å². The number of hydrogen-bond acceptors (Lipinski definition) is 3. The van der Waals surface area contributed by atoms with Gasteiger partial charge < -0.3 is 10.6 Å². The predicted molar refractivity (Wildman–Crippen MR) is 127 cm³/mol. The summed E-state index contributed by atoms with van der Waals surface area (Å²) in [4.78, 5) is 15.9. The highest BCUT2D eigenvalue weighted by molar-refractivity contribution is 6.02. The van der Waals surface area contributed by atoms with E-state index in [4.69, 9.17) is 5.73 Å². The Labute approximate surface area is 183 Å². The average molecular weight is 411 g/mol. The maximum absolute atomic E-state index is 13.5. The van der Waals surface area contributed by atoms with Crippen molar-refractivity contribution in [2.75, 3.05) is 23.7 Å². The molecule has 2 unspecified atom stereocenters. The van der Waals surface area contributed by atoms with Gasteiger partial charge in [0.05, 0.1) is 0 Å². The summed E-state index contributed by atoms with van der Waals surface area (Å²) in [6.45, 7) is 8.81. The van der Waals surface area contributed by atoms with Gasteiger partial charge in [-0.25, -0.2) is 0 Å². The summed E-state index contributed by atoms with van der Waals surface area (Å²) in [5, 5.41) is 0. The van der Waals surface area contributed by atoms with E-state index in [9.17, 15) is 4.79 Å². The van der Waals surface area contributed by atoms with Crippen LogP contribution >= 0.6 is 0 Å². The minimum absolute atomic E-state index is 0.308. The molecule has 2 saturated carbocycles. The number of ketones is 1. The monoisotopic (exact) mass is 410 g/mol. The van der Waals surface area contributed by atoms with E-state index < -0.39 is 0 Å². The fourth-order valence-electron chi connectivity index (χ4n) is 5.88. The molecule has 2 N–H and O–H groups in total. The highest BCUT2D eigenvalue weighted by atomic mass is 16.1. The van der Waals surface area contributed by atoms with Gasteiger partial charge in [-0.05, 0) is 79.9 Å². The predicted octanol–water partition coefficient (Wildman–Crippen LogP) is 6.77. The number of benzene rings is 1. The lowest BCUT2D eigenvalue weighted by atomic mass is 9.78. The number of carbonyl (C=O) groups is 1. The van der Waals surface area contributed by atoms with E-state index >= 15 is 0 Å². The van der Waals surface area contributed by atoms with Gasteiger partial charge in [0.15, 0.2) is 5.78 Å². The molecule has 0 bridgehead atoms. The SMILES string of the molecule is Cc1cc(C(=O)CC(C)C(C)CC2CCCCC2)c(N2CCC3(CC2)CC3)cc1N. The molecule has 3 fully saturated rings. The molecule has 1 aromatic rings. The fourth-order valence-corrected chi connectivity index (χ4v) is 5.88. The molecular weight excluding hydrogens is 368 g/mol. The second-order valence-electron chi connectivity index (χ2n) is 11.0. The second-order valence-corrected chi connectivity index (χ2v) is 11.0. The lowest BCUT2D eigenvalue weighted by molar-refractivity contribution is 0.0944. The van der Waals surface area contributed by atoms with Crippen LogP contribution in [0.2, 0.25) is 0 Å². The number of piperidine rings is 1. The number of nitrogen functional groups attached to an aromatic ring is 1. The molecule has 2 aliphatic carbocycles. The summed E-state index contributed by atoms with van der Waals surface area (Å²) in [6.07, 6.45) is 14.3. The first-order valence-corrected chi connectivity index (χ1v) is 12.6. The minimum atomic E-state index is 0.308. The normalized spacial score (nSPS) is 23.4. The molecule has 0 aromatic heterocycles. The zero-order valence-corrected chi connectivity index (χ0v) is 19.5. The van der Waals surface area contributed by atoms with Crippen LogP contribution in [0.15, 0.2) is 12.1 Å². The summed E-state index contributed by atoms with van der Waals surface area (Å²) >= 11 is 0. The van der Waals surface area contributed by atoms with Gasteiger partial charge in [-0.15, -0.1) is 0 Å². The van der Waals surface area contributed by atoms with Crippen molar-refractivity contribution < 1.29 is 4.79 Å². The van der Waals surface area contributed by atoms with Crippen LogP contribution in [0.1, 0.15) is 100 Å². The van der Waals surface area contributed by atoms with E-state index in [2.05, 4.69) is 30.9 Å². The molecule has 0 radical (unpaired) electrons. The fraction of sp³-hybridized carbons (Fsp3) is 0.741. The molecule has 3 nitrogen and oxygen atoms in total. The molecule has 30 heavy (non-hydrogen) atoms. The van der Waals surface area contributed by atoms with Crippen LogP contribution in [0.3, 0.4) is 0 Å². The lowest BCUT2D eigenvalue weighted by Crippen LogP contribution is -2.35. The molecule has 3 aliphatic rings. The van der Waals surface area contributed by atoms with Crippen LogP contribution in [-0.2, 0) is 0 Å². The molecule has 1 saturated heterocycles. The maximum atomic E-state index is 13.5. The van der Waals surface area contributed by atoms with Crippen molar-refractivity contribution in [1.29, 1.82) is 0 Å². The number of anilines is 2. The summed E-state index contributed by atoms with van der Waals surface area (Å²) in [5.41, 5.74) is 10.8. The van der Waals surface area contributed by atoms with Gasteiger partial charge in [-0.2, -0.15) is 0 Å². The molecule has 3 heteroatoms. The second kappa shape index (κ2) is 8.93. The van der Waals surface area contributed by atoms with Crippen LogP contribution in [0, 0.1) is 30.1 Å². The average Bonchev–Trinajstić information content (AvgIpc) is 3.49. The first-order valence-electron chi connectivity index (χ1n) is 12.6. The summed E-state index contributed by atoms with van der Waals surface area (Å²) < 4.78 is 0. The largest absolute Gasteiger partial charge is 0.398 e. The first kappa shape index (κ1) is 21.7. The Morgan fingerprint density at radius 3 is 2.37 bits per heavy atom. The summed E-state index contributed by atoms with van der Waals surface area (Å²) in [6, 6.07) is 4.14. The number of Topliss-reactive ketones (excluding diaryl/α,β-unsaturated/α-hetero) is 1. The molecule has 1 spiro atoms. The topological polar surface area (TPSA) is 46.3 Å². The number of carbonyl (C=O) groups excluding carboxylic acids is 1. The molecule has 0 amide bonds. The quantitative estimate of drug-likeness (QED) is 0.398. The van der Waals surface area contributed by atoms with Crippen molar-refractivity contribution >= 4 is 17.2 Å². The van der Waals surface area contributed by atoms with E-state index in [1.54, 1.807) is 0 Å². The molecule has 1 heterocycles. The van der Waals surface area contributed by atoms with Crippen molar-refractivity contribution in [3.8, 4) is 0 Å². The summed E-state index contributed by atoms with van der Waals surface area (Å²) in [5.74, 6) is 2.23. The Morgan fingerprint density at radius 1 is 1.07 bits per heavy atom. The molecule has 1 aromatic carbocycles. The van der Waals surface area contributed by atoms with Gasteiger partial charge in [0.25, 0.3) is 0 Å². The zero-order chi connectivity index (χ0) is 21.3. The standard InChI is InChI=1S/C27H42N2O/c1-19(15-22-7-5-4-6-8-22)20(2)17-26(30)23-16-21(3)24(28)18-25(23)29-13-11-27(9-10-27)12-14-29/h16,18-20,22H,4-15,17,28H2,1-3H3. The van der Waals surface area contributed by atoms with Crippen LogP contribution in [0.4, 0.5) is 11.4 Å². The van der Waals surface area contributed by atoms with Gasteiger partial charge in [-0.1, -0.05) is 46.0 Å². The highest BCUT2D eigenvalue weighted by Gasteiger charge is 2.44. The molecule has 166 valence electrons. The first-order chi connectivity index (χ1) is 14.4. The third-order valence-electron chi connectivity index (χ3n) is 8.72. The third kappa shape index (κ3) is 4.86. The molecular formula is C27H42N2O. The summed E-state index contributed by atoms with van der Waals surface area (Å²) in [7, 11) is 0. The molecule has 1 aliphatic heterocycles. The van der Waals surface area contributed by atoms with Crippen molar-refractivity contribution in [2.45, 2.75) is 91.4 Å². The smallest absolute Gasteiger partial charge is 0.165 e. The maximum Gasteiger partial charge on any atom is 0.165 e. The van der Waals surface area contributed by atoms with E-state index in [-0.39, 0.29) is 0 Å². The van der Waals surface area contributed by atoms with Crippen LogP contribution in [0.25, 0.3) is 0 Å². The van der Waals surface area contributed by atoms with E-state index in [0.29, 0.717) is 29.5 Å². The number of hydrogen-bond donors (Lipinski definition) is 1. The van der Waals surface area contributed by atoms with Gasteiger partial charge in [-0.3, -0.25) is 4.79 Å². The Balaban J connectivity index is 1.43. The van der Waals surface area contributed by atoms with Crippen LogP contribution in [-0.4, -0.2) is 18.9 Å². The number of nitrogens with zero attached hydrogens (tertiary/aromatic N) is 1. The van der Waals surface area contributed by atoms with Gasteiger partial charge in [0, 0.05) is 36.4 Å². The molecule has 2 atom stereocenters. The van der Waals surface area contributed by atoms with Crippen molar-refractivity contribution in [3.05, 3.63) is 23.3 Å². The van der Waals surface area contributed by atoms with Gasteiger partial charge >= 0.3 is 0 Å². The Hall–Kier alpha value is -1.51. The number of nitrogens with two attached hydrogens (primary N) is 1. The zero-order valence-electron chi connectivity index (χ0n) is 19.5. The lowest BCUT2D eigenvalue weighted by Gasteiger charge is -2.35. The highest BCUT2D eigenvalue weighted by Crippen LogP contribution is 2.54. The number of rotatable bonds is 7. The number of aryl methyl sites for hydroxylation is 1. The van der Waals surface area contributed by atoms with Crippen molar-refractivity contribution in [3.63, 3.8) is 0 Å². The Kier molecular flexibility index (Phi) is 6.46. The minimum Gasteiger partial charge on any atom is -0.398 e. The van der Waals surface area contributed by atoms with Crippen molar-refractivity contribution in [2.24, 2.45) is 23.2 Å². The third-order valence-corrected chi connectivity index (χ3v) is 8.72. The van der Waals surface area contributed by atoms with E-state index in [1.807, 2.05) is 6.92 Å². The molecule has 4 rings (SSSR count). The van der Waals surface area contributed by atoms with Gasteiger partial charge in [0.1, 0.15) is 0 Å². The van der Waals surface area contributed by atoms with E-state index in [0.717, 1.165) is 41.5 Å².